The molecule has 0 aromatic heterocycles. The molecule has 0 radical (unpaired) electrons. The van der Waals surface area contributed by atoms with Gasteiger partial charge in [0, 0.05) is 12.1 Å². The third kappa shape index (κ3) is 3.55. The van der Waals surface area contributed by atoms with Gasteiger partial charge in [-0.15, -0.1) is 0 Å². The van der Waals surface area contributed by atoms with E-state index in [0.717, 1.165) is 18.7 Å². The molecule has 3 heteroatoms. The van der Waals surface area contributed by atoms with Gasteiger partial charge in [-0.25, -0.2) is 0 Å². The summed E-state index contributed by atoms with van der Waals surface area (Å²) in [5, 5.41) is 3.09. The summed E-state index contributed by atoms with van der Waals surface area (Å²) in [6.07, 6.45) is 2.49. The fourth-order valence-electron chi connectivity index (χ4n) is 3.07. The monoisotopic (exact) mass is 294 g/mol. The van der Waals surface area contributed by atoms with Gasteiger partial charge >= 0.3 is 0 Å². The highest BCUT2D eigenvalue weighted by Crippen LogP contribution is 2.24. The van der Waals surface area contributed by atoms with E-state index in [4.69, 9.17) is 0 Å². The Bertz CT molecular complexity index is 591. The minimum Gasteiger partial charge on any atom is -0.350 e. The lowest BCUT2D eigenvalue weighted by Crippen LogP contribution is -2.36. The van der Waals surface area contributed by atoms with Crippen LogP contribution in [-0.2, 0) is 0 Å². The summed E-state index contributed by atoms with van der Waals surface area (Å²) >= 11 is 0. The smallest absolute Gasteiger partial charge is 0.251 e. The van der Waals surface area contributed by atoms with Crippen LogP contribution in [-0.4, -0.2) is 30.4 Å². The van der Waals surface area contributed by atoms with Gasteiger partial charge in [-0.05, 0) is 43.6 Å². The van der Waals surface area contributed by atoms with E-state index in [1.807, 2.05) is 36.4 Å². The zero-order valence-corrected chi connectivity index (χ0v) is 12.7. The summed E-state index contributed by atoms with van der Waals surface area (Å²) < 4.78 is 0. The second kappa shape index (κ2) is 7.23. The molecule has 0 spiro atoms. The lowest BCUT2D eigenvalue weighted by molar-refractivity contribution is 0.0938. The van der Waals surface area contributed by atoms with Crippen molar-refractivity contribution in [3.8, 4) is 0 Å². The van der Waals surface area contributed by atoms with Crippen LogP contribution in [0.15, 0.2) is 60.7 Å². The summed E-state index contributed by atoms with van der Waals surface area (Å²) in [4.78, 5) is 14.7. The molecule has 1 saturated heterocycles. The van der Waals surface area contributed by atoms with Crippen molar-refractivity contribution in [2.45, 2.75) is 18.9 Å². The Morgan fingerprint density at radius 1 is 0.955 bits per heavy atom. The van der Waals surface area contributed by atoms with Crippen molar-refractivity contribution in [3.05, 3.63) is 71.8 Å². The molecule has 1 atom stereocenters. The van der Waals surface area contributed by atoms with Crippen LogP contribution in [0.4, 0.5) is 0 Å². The first-order chi connectivity index (χ1) is 10.8. The van der Waals surface area contributed by atoms with Gasteiger partial charge in [-0.2, -0.15) is 0 Å². The highest BCUT2D eigenvalue weighted by molar-refractivity contribution is 5.94. The Morgan fingerprint density at radius 2 is 1.55 bits per heavy atom. The number of likely N-dealkylation sites (tertiary alicyclic amines) is 1. The maximum absolute atomic E-state index is 12.3. The van der Waals surface area contributed by atoms with Crippen LogP contribution >= 0.6 is 0 Å². The van der Waals surface area contributed by atoms with Crippen molar-refractivity contribution in [1.82, 2.24) is 10.2 Å². The quantitative estimate of drug-likeness (QED) is 0.918. The molecule has 0 bridgehead atoms. The van der Waals surface area contributed by atoms with Crippen LogP contribution in [0.2, 0.25) is 0 Å². The molecular formula is C19H22N2O. The predicted molar refractivity (Wildman–Crippen MR) is 88.8 cm³/mol. The number of benzene rings is 2. The van der Waals surface area contributed by atoms with Crippen molar-refractivity contribution >= 4 is 5.91 Å². The van der Waals surface area contributed by atoms with Crippen LogP contribution in [0.1, 0.15) is 34.8 Å². The van der Waals surface area contributed by atoms with Crippen molar-refractivity contribution in [3.63, 3.8) is 0 Å². The lowest BCUT2D eigenvalue weighted by atomic mass is 10.1. The van der Waals surface area contributed by atoms with Crippen molar-refractivity contribution in [2.24, 2.45) is 0 Å². The number of carbonyl (C=O) groups is 1. The van der Waals surface area contributed by atoms with Crippen molar-refractivity contribution < 1.29 is 4.79 Å². The van der Waals surface area contributed by atoms with Crippen LogP contribution in [0.3, 0.4) is 0 Å². The van der Waals surface area contributed by atoms with Gasteiger partial charge in [-0.1, -0.05) is 48.5 Å². The number of hydrogen-bond donors (Lipinski definition) is 1. The topological polar surface area (TPSA) is 32.3 Å². The normalized spacial score (nSPS) is 16.4. The first kappa shape index (κ1) is 14.8. The Balaban J connectivity index is 1.69. The Labute approximate surface area is 132 Å². The van der Waals surface area contributed by atoms with Crippen LogP contribution < -0.4 is 5.32 Å². The number of nitrogens with one attached hydrogen (secondary N) is 1. The molecule has 1 heterocycles. The molecule has 2 aromatic carbocycles. The van der Waals surface area contributed by atoms with E-state index in [-0.39, 0.29) is 11.9 Å². The summed E-state index contributed by atoms with van der Waals surface area (Å²) in [5.41, 5.74) is 1.99. The number of rotatable bonds is 5. The first-order valence-electron chi connectivity index (χ1n) is 7.97. The second-order valence-corrected chi connectivity index (χ2v) is 5.75. The molecule has 0 unspecified atom stereocenters. The van der Waals surface area contributed by atoms with Crippen LogP contribution in [0.25, 0.3) is 0 Å². The summed E-state index contributed by atoms with van der Waals surface area (Å²) in [7, 11) is 0. The summed E-state index contributed by atoms with van der Waals surface area (Å²) in [6, 6.07) is 20.1. The predicted octanol–water partition coefficient (Wildman–Crippen LogP) is 3.25. The number of amides is 1. The van der Waals surface area contributed by atoms with Gasteiger partial charge in [-0.3, -0.25) is 9.69 Å². The van der Waals surface area contributed by atoms with E-state index in [0.29, 0.717) is 6.54 Å². The van der Waals surface area contributed by atoms with Gasteiger partial charge in [0.25, 0.3) is 5.91 Å². The minimum atomic E-state index is 0.000674. The summed E-state index contributed by atoms with van der Waals surface area (Å²) in [5.74, 6) is 0.000674. The maximum Gasteiger partial charge on any atom is 0.251 e. The van der Waals surface area contributed by atoms with Gasteiger partial charge in [0.15, 0.2) is 0 Å². The third-order valence-electron chi connectivity index (χ3n) is 4.26. The zero-order valence-electron chi connectivity index (χ0n) is 12.7. The zero-order chi connectivity index (χ0) is 15.2. The van der Waals surface area contributed by atoms with Gasteiger partial charge < -0.3 is 5.32 Å². The average molecular weight is 294 g/mol. The van der Waals surface area contributed by atoms with Crippen LogP contribution in [0.5, 0.6) is 0 Å². The SMILES string of the molecule is O=C(NC[C@H](c1ccccc1)N1CCCC1)c1ccccc1. The van der Waals surface area contributed by atoms with Gasteiger partial charge in [0.05, 0.1) is 6.04 Å². The maximum atomic E-state index is 12.3. The molecule has 1 N–H and O–H groups in total. The van der Waals surface area contributed by atoms with E-state index in [2.05, 4.69) is 34.5 Å². The number of hydrogen-bond acceptors (Lipinski definition) is 2. The number of nitrogens with zero attached hydrogens (tertiary/aromatic N) is 1. The molecule has 22 heavy (non-hydrogen) atoms. The van der Waals surface area contributed by atoms with Gasteiger partial charge in [0.1, 0.15) is 0 Å². The third-order valence-corrected chi connectivity index (χ3v) is 4.26. The average Bonchev–Trinajstić information content (AvgIpc) is 3.11. The molecular weight excluding hydrogens is 272 g/mol. The lowest BCUT2D eigenvalue weighted by Gasteiger charge is -2.28. The van der Waals surface area contributed by atoms with E-state index < -0.39 is 0 Å². The second-order valence-electron chi connectivity index (χ2n) is 5.75. The Hall–Kier alpha value is -2.13. The standard InChI is InChI=1S/C19H22N2O/c22-19(17-11-5-2-6-12-17)20-15-18(21-13-7-8-14-21)16-9-3-1-4-10-16/h1-6,9-12,18H,7-8,13-15H2,(H,20,22)/t18-/m1/s1. The Morgan fingerprint density at radius 3 is 2.18 bits per heavy atom. The molecule has 1 aliphatic rings. The molecule has 3 rings (SSSR count). The van der Waals surface area contributed by atoms with E-state index in [1.165, 1.54) is 18.4 Å². The summed E-state index contributed by atoms with van der Waals surface area (Å²) in [6.45, 7) is 2.87. The molecule has 2 aromatic rings. The Kier molecular flexibility index (Phi) is 4.86. The molecule has 1 fully saturated rings. The number of carbonyl (C=O) groups excluding carboxylic acids is 1. The fraction of sp³-hybridized carbons (Fsp3) is 0.316. The fourth-order valence-corrected chi connectivity index (χ4v) is 3.07. The van der Waals surface area contributed by atoms with Crippen molar-refractivity contribution in [1.29, 1.82) is 0 Å². The molecule has 1 amide bonds. The molecule has 3 nitrogen and oxygen atoms in total. The minimum absolute atomic E-state index is 0.000674. The van der Waals surface area contributed by atoms with Gasteiger partial charge in [0.2, 0.25) is 0 Å². The largest absolute Gasteiger partial charge is 0.350 e. The highest BCUT2D eigenvalue weighted by atomic mass is 16.1. The van der Waals surface area contributed by atoms with E-state index in [1.54, 1.807) is 0 Å². The molecule has 0 aliphatic carbocycles. The highest BCUT2D eigenvalue weighted by Gasteiger charge is 2.23. The van der Waals surface area contributed by atoms with Crippen molar-refractivity contribution in [2.75, 3.05) is 19.6 Å². The first-order valence-corrected chi connectivity index (χ1v) is 7.97. The van der Waals surface area contributed by atoms with Crippen LogP contribution in [0, 0.1) is 0 Å². The molecule has 114 valence electrons. The van der Waals surface area contributed by atoms with E-state index >= 15 is 0 Å². The molecule has 1 aliphatic heterocycles. The molecule has 0 saturated carbocycles. The van der Waals surface area contributed by atoms with E-state index in [9.17, 15) is 4.79 Å².